The van der Waals surface area contributed by atoms with Gasteiger partial charge in [0.1, 0.15) is 17.1 Å². The zero-order valence-electron chi connectivity index (χ0n) is 11.7. The number of aryl methyl sites for hydroxylation is 1. The summed E-state index contributed by atoms with van der Waals surface area (Å²) in [6.07, 6.45) is 4.16. The molecule has 1 heterocycles. The van der Waals surface area contributed by atoms with Gasteiger partial charge in [-0.2, -0.15) is 0 Å². The van der Waals surface area contributed by atoms with Crippen LogP contribution in [0.25, 0.3) is 5.69 Å². The van der Waals surface area contributed by atoms with Crippen molar-refractivity contribution in [3.63, 3.8) is 0 Å². The molecule has 0 amide bonds. The fourth-order valence-corrected chi connectivity index (χ4v) is 2.59. The SMILES string of the molecule is COc1ccc(C)cc1-n1nnc(C=O)c1C1CCC1. The first-order chi connectivity index (χ1) is 9.74. The number of aldehydes is 1. The second kappa shape index (κ2) is 5.07. The Morgan fingerprint density at radius 3 is 2.80 bits per heavy atom. The molecule has 0 aliphatic heterocycles. The van der Waals surface area contributed by atoms with E-state index < -0.39 is 0 Å². The van der Waals surface area contributed by atoms with Crippen LogP contribution in [0.3, 0.4) is 0 Å². The summed E-state index contributed by atoms with van der Waals surface area (Å²) in [7, 11) is 1.63. The summed E-state index contributed by atoms with van der Waals surface area (Å²) in [6, 6.07) is 5.91. The molecular formula is C15H17N3O2. The van der Waals surface area contributed by atoms with Crippen LogP contribution >= 0.6 is 0 Å². The molecule has 20 heavy (non-hydrogen) atoms. The van der Waals surface area contributed by atoms with Crippen LogP contribution in [0.4, 0.5) is 0 Å². The van der Waals surface area contributed by atoms with E-state index in [0.717, 1.165) is 41.8 Å². The van der Waals surface area contributed by atoms with Crippen molar-refractivity contribution >= 4 is 6.29 Å². The van der Waals surface area contributed by atoms with E-state index in [-0.39, 0.29) is 0 Å². The molecule has 2 aromatic rings. The molecule has 0 N–H and O–H groups in total. The van der Waals surface area contributed by atoms with Gasteiger partial charge in [-0.05, 0) is 37.5 Å². The second-order valence-corrected chi connectivity index (χ2v) is 5.19. The Balaban J connectivity index is 2.16. The minimum atomic E-state index is 0.371. The Hall–Kier alpha value is -2.17. The molecule has 5 nitrogen and oxygen atoms in total. The summed E-state index contributed by atoms with van der Waals surface area (Å²) in [6.45, 7) is 2.02. The molecule has 0 saturated heterocycles. The maximum Gasteiger partial charge on any atom is 0.172 e. The molecule has 0 spiro atoms. The third-order valence-electron chi connectivity index (χ3n) is 3.90. The van der Waals surface area contributed by atoms with Crippen LogP contribution in [0.1, 0.15) is 46.9 Å². The van der Waals surface area contributed by atoms with Crippen molar-refractivity contribution in [2.45, 2.75) is 32.1 Å². The van der Waals surface area contributed by atoms with Crippen LogP contribution in [-0.4, -0.2) is 28.4 Å². The Morgan fingerprint density at radius 2 is 2.20 bits per heavy atom. The smallest absolute Gasteiger partial charge is 0.172 e. The van der Waals surface area contributed by atoms with Gasteiger partial charge in [-0.1, -0.05) is 17.7 Å². The minimum absolute atomic E-state index is 0.371. The van der Waals surface area contributed by atoms with E-state index in [1.54, 1.807) is 11.8 Å². The summed E-state index contributed by atoms with van der Waals surface area (Å²) in [5, 5.41) is 8.17. The zero-order chi connectivity index (χ0) is 14.1. The Morgan fingerprint density at radius 1 is 1.40 bits per heavy atom. The topological polar surface area (TPSA) is 57.0 Å². The highest BCUT2D eigenvalue weighted by Gasteiger charge is 2.28. The number of carbonyl (C=O) groups is 1. The van der Waals surface area contributed by atoms with Gasteiger partial charge in [0.25, 0.3) is 0 Å². The van der Waals surface area contributed by atoms with Crippen LogP contribution in [0.5, 0.6) is 5.75 Å². The summed E-state index contributed by atoms with van der Waals surface area (Å²) in [5.41, 5.74) is 3.31. The highest BCUT2D eigenvalue weighted by molar-refractivity contribution is 5.74. The maximum absolute atomic E-state index is 11.2. The zero-order valence-corrected chi connectivity index (χ0v) is 11.7. The highest BCUT2D eigenvalue weighted by atomic mass is 16.5. The monoisotopic (exact) mass is 271 g/mol. The van der Waals surface area contributed by atoms with Crippen LogP contribution in [-0.2, 0) is 0 Å². The summed E-state index contributed by atoms with van der Waals surface area (Å²) >= 11 is 0. The Bertz CT molecular complexity index is 645. The van der Waals surface area contributed by atoms with Crippen molar-refractivity contribution in [1.29, 1.82) is 0 Å². The predicted molar refractivity (Wildman–Crippen MR) is 74.6 cm³/mol. The molecular weight excluding hydrogens is 254 g/mol. The molecule has 0 radical (unpaired) electrons. The van der Waals surface area contributed by atoms with E-state index in [1.807, 2.05) is 25.1 Å². The van der Waals surface area contributed by atoms with E-state index >= 15 is 0 Å². The van der Waals surface area contributed by atoms with Gasteiger partial charge in [0.2, 0.25) is 0 Å². The van der Waals surface area contributed by atoms with Crippen molar-refractivity contribution in [2.75, 3.05) is 7.11 Å². The van der Waals surface area contributed by atoms with Gasteiger partial charge in [-0.15, -0.1) is 5.10 Å². The molecule has 0 atom stereocenters. The first-order valence-corrected chi connectivity index (χ1v) is 6.80. The number of hydrogen-bond acceptors (Lipinski definition) is 4. The molecule has 1 fully saturated rings. The fraction of sp³-hybridized carbons (Fsp3) is 0.400. The second-order valence-electron chi connectivity index (χ2n) is 5.19. The number of benzene rings is 1. The number of aromatic nitrogens is 3. The van der Waals surface area contributed by atoms with E-state index in [2.05, 4.69) is 10.3 Å². The molecule has 0 bridgehead atoms. The Labute approximate surface area is 117 Å². The number of rotatable bonds is 4. The van der Waals surface area contributed by atoms with Gasteiger partial charge in [-0.25, -0.2) is 4.68 Å². The molecule has 1 aliphatic carbocycles. The van der Waals surface area contributed by atoms with Crippen LogP contribution < -0.4 is 4.74 Å². The quantitative estimate of drug-likeness (QED) is 0.802. The lowest BCUT2D eigenvalue weighted by Gasteiger charge is -2.26. The van der Waals surface area contributed by atoms with Crippen LogP contribution in [0.15, 0.2) is 18.2 Å². The number of methoxy groups -OCH3 is 1. The number of nitrogens with zero attached hydrogens (tertiary/aromatic N) is 3. The van der Waals surface area contributed by atoms with Crippen molar-refractivity contribution in [2.24, 2.45) is 0 Å². The molecule has 1 saturated carbocycles. The summed E-state index contributed by atoms with van der Waals surface area (Å²) < 4.78 is 7.17. The molecule has 104 valence electrons. The third kappa shape index (κ3) is 1.99. The average Bonchev–Trinajstić information content (AvgIpc) is 2.80. The first kappa shape index (κ1) is 12.8. The van der Waals surface area contributed by atoms with Gasteiger partial charge in [0.05, 0.1) is 12.8 Å². The lowest BCUT2D eigenvalue weighted by molar-refractivity contribution is 0.111. The predicted octanol–water partition coefficient (Wildman–Crippen LogP) is 2.66. The minimum Gasteiger partial charge on any atom is -0.494 e. The van der Waals surface area contributed by atoms with E-state index in [1.165, 1.54) is 6.42 Å². The number of carbonyl (C=O) groups excluding carboxylic acids is 1. The van der Waals surface area contributed by atoms with Gasteiger partial charge in [-0.3, -0.25) is 4.79 Å². The molecule has 5 heteroatoms. The highest BCUT2D eigenvalue weighted by Crippen LogP contribution is 2.39. The van der Waals surface area contributed by atoms with Crippen molar-refractivity contribution < 1.29 is 9.53 Å². The fourth-order valence-electron chi connectivity index (χ4n) is 2.59. The van der Waals surface area contributed by atoms with Gasteiger partial charge in [0, 0.05) is 5.92 Å². The molecule has 3 rings (SSSR count). The Kier molecular flexibility index (Phi) is 3.26. The van der Waals surface area contributed by atoms with Gasteiger partial charge in [0.15, 0.2) is 6.29 Å². The van der Waals surface area contributed by atoms with Crippen molar-refractivity contribution in [3.8, 4) is 11.4 Å². The van der Waals surface area contributed by atoms with Gasteiger partial charge >= 0.3 is 0 Å². The van der Waals surface area contributed by atoms with Crippen molar-refractivity contribution in [3.05, 3.63) is 35.2 Å². The van der Waals surface area contributed by atoms with Crippen molar-refractivity contribution in [1.82, 2.24) is 15.0 Å². The molecule has 1 aromatic carbocycles. The standard InChI is InChI=1S/C15H17N3O2/c1-10-6-7-14(20-2)13(8-10)18-15(11-4-3-5-11)12(9-19)16-17-18/h6-9,11H,3-5H2,1-2H3. The first-order valence-electron chi connectivity index (χ1n) is 6.80. The molecule has 1 aliphatic rings. The third-order valence-corrected chi connectivity index (χ3v) is 3.90. The lowest BCUT2D eigenvalue weighted by atomic mass is 9.82. The summed E-state index contributed by atoms with van der Waals surface area (Å²) in [5.74, 6) is 1.11. The van der Waals surface area contributed by atoms with Crippen LogP contribution in [0, 0.1) is 6.92 Å². The molecule has 1 aromatic heterocycles. The number of hydrogen-bond donors (Lipinski definition) is 0. The van der Waals surface area contributed by atoms with E-state index in [4.69, 9.17) is 4.74 Å². The maximum atomic E-state index is 11.2. The lowest BCUT2D eigenvalue weighted by Crippen LogP contribution is -2.16. The van der Waals surface area contributed by atoms with E-state index in [9.17, 15) is 4.79 Å². The normalized spacial score (nSPS) is 14.9. The van der Waals surface area contributed by atoms with Gasteiger partial charge < -0.3 is 4.74 Å². The van der Waals surface area contributed by atoms with Crippen LogP contribution in [0.2, 0.25) is 0 Å². The largest absolute Gasteiger partial charge is 0.494 e. The average molecular weight is 271 g/mol. The summed E-state index contributed by atoms with van der Waals surface area (Å²) in [4.78, 5) is 11.2. The molecule has 0 unspecified atom stereocenters. The van der Waals surface area contributed by atoms with E-state index in [0.29, 0.717) is 11.6 Å². The number of ether oxygens (including phenoxy) is 1.